The number of nitrogens with one attached hydrogen (secondary N) is 1. The summed E-state index contributed by atoms with van der Waals surface area (Å²) in [5.74, 6) is -1.00. The molecule has 18 heavy (non-hydrogen) atoms. The summed E-state index contributed by atoms with van der Waals surface area (Å²) in [5.41, 5.74) is 0.463. The summed E-state index contributed by atoms with van der Waals surface area (Å²) in [6.07, 6.45) is 1.34. The number of aromatic carboxylic acids is 1. The zero-order valence-corrected chi connectivity index (χ0v) is 11.1. The SMILES string of the molecule is CC(C)CS(=O)(=O)NCc1cc(C(=O)O)ccn1. The lowest BCUT2D eigenvalue weighted by molar-refractivity contribution is 0.0696. The Balaban J connectivity index is 2.69. The third-order valence-electron chi connectivity index (χ3n) is 2.09. The van der Waals surface area contributed by atoms with Gasteiger partial charge in [-0.1, -0.05) is 13.8 Å². The van der Waals surface area contributed by atoms with Crippen molar-refractivity contribution in [3.8, 4) is 0 Å². The largest absolute Gasteiger partial charge is 0.478 e. The molecule has 1 rings (SSSR count). The van der Waals surface area contributed by atoms with Crippen molar-refractivity contribution in [1.29, 1.82) is 0 Å². The van der Waals surface area contributed by atoms with Gasteiger partial charge < -0.3 is 5.11 Å². The second-order valence-corrected chi connectivity index (χ2v) is 6.19. The Kier molecular flexibility index (Phi) is 4.80. The summed E-state index contributed by atoms with van der Waals surface area (Å²) in [6.45, 7) is 3.61. The highest BCUT2D eigenvalue weighted by atomic mass is 32.2. The molecule has 2 N–H and O–H groups in total. The first-order valence-electron chi connectivity index (χ1n) is 5.46. The molecule has 0 aliphatic carbocycles. The third-order valence-corrected chi connectivity index (χ3v) is 3.78. The van der Waals surface area contributed by atoms with Crippen LogP contribution in [0.2, 0.25) is 0 Å². The van der Waals surface area contributed by atoms with Gasteiger partial charge in [0.15, 0.2) is 0 Å². The predicted octanol–water partition coefficient (Wildman–Crippen LogP) is 0.855. The fourth-order valence-electron chi connectivity index (χ4n) is 1.39. The van der Waals surface area contributed by atoms with Gasteiger partial charge >= 0.3 is 5.97 Å². The van der Waals surface area contributed by atoms with Gasteiger partial charge in [0.25, 0.3) is 0 Å². The van der Waals surface area contributed by atoms with Gasteiger partial charge in [0.1, 0.15) is 0 Å². The molecule has 0 saturated carbocycles. The summed E-state index contributed by atoms with van der Waals surface area (Å²) < 4.78 is 25.5. The molecule has 0 spiro atoms. The van der Waals surface area contributed by atoms with Crippen LogP contribution in [0.1, 0.15) is 29.9 Å². The van der Waals surface area contributed by atoms with Crippen molar-refractivity contribution >= 4 is 16.0 Å². The maximum Gasteiger partial charge on any atom is 0.335 e. The molecule has 0 aliphatic heterocycles. The number of carboxylic acids is 1. The molecule has 0 atom stereocenters. The molecule has 1 aromatic rings. The summed E-state index contributed by atoms with van der Waals surface area (Å²) >= 11 is 0. The summed E-state index contributed by atoms with van der Waals surface area (Å²) in [5, 5.41) is 8.79. The van der Waals surface area contributed by atoms with E-state index in [1.54, 1.807) is 0 Å². The molecular formula is C11H16N2O4S. The van der Waals surface area contributed by atoms with E-state index in [1.165, 1.54) is 18.3 Å². The van der Waals surface area contributed by atoms with Crippen molar-refractivity contribution in [2.75, 3.05) is 5.75 Å². The number of nitrogens with zero attached hydrogens (tertiary/aromatic N) is 1. The molecule has 0 aliphatic rings. The molecule has 100 valence electrons. The molecule has 1 aromatic heterocycles. The van der Waals surface area contributed by atoms with Crippen molar-refractivity contribution in [3.05, 3.63) is 29.6 Å². The zero-order valence-electron chi connectivity index (χ0n) is 10.3. The van der Waals surface area contributed by atoms with E-state index in [1.807, 2.05) is 13.8 Å². The first-order chi connectivity index (χ1) is 8.30. The van der Waals surface area contributed by atoms with Gasteiger partial charge in [0, 0.05) is 6.20 Å². The van der Waals surface area contributed by atoms with Crippen LogP contribution in [0.25, 0.3) is 0 Å². The first kappa shape index (κ1) is 14.6. The third kappa shape index (κ3) is 4.80. The number of pyridine rings is 1. The monoisotopic (exact) mass is 272 g/mol. The topological polar surface area (TPSA) is 96.4 Å². The van der Waals surface area contributed by atoms with Crippen LogP contribution in [0, 0.1) is 5.92 Å². The zero-order chi connectivity index (χ0) is 13.8. The molecular weight excluding hydrogens is 256 g/mol. The normalized spacial score (nSPS) is 11.7. The predicted molar refractivity (Wildman–Crippen MR) is 66.7 cm³/mol. The van der Waals surface area contributed by atoms with Gasteiger partial charge in [0.05, 0.1) is 23.6 Å². The molecule has 0 unspecified atom stereocenters. The number of carbonyl (C=O) groups is 1. The smallest absolute Gasteiger partial charge is 0.335 e. The van der Waals surface area contributed by atoms with E-state index in [9.17, 15) is 13.2 Å². The van der Waals surface area contributed by atoms with Crippen molar-refractivity contribution < 1.29 is 18.3 Å². The number of aromatic nitrogens is 1. The van der Waals surface area contributed by atoms with E-state index in [2.05, 4.69) is 9.71 Å². The Hall–Kier alpha value is -1.47. The molecule has 1 heterocycles. The molecule has 0 bridgehead atoms. The number of sulfonamides is 1. The minimum absolute atomic E-state index is 0.00380. The van der Waals surface area contributed by atoms with Crippen LogP contribution in [0.3, 0.4) is 0 Å². The van der Waals surface area contributed by atoms with E-state index in [0.717, 1.165) is 0 Å². The van der Waals surface area contributed by atoms with Crippen LogP contribution in [0.5, 0.6) is 0 Å². The van der Waals surface area contributed by atoms with Crippen LogP contribution < -0.4 is 4.72 Å². The Labute approximate surface area is 106 Å². The van der Waals surface area contributed by atoms with Crippen molar-refractivity contribution in [3.63, 3.8) is 0 Å². The Bertz CT molecular complexity index is 526. The van der Waals surface area contributed by atoms with Crippen LogP contribution in [-0.2, 0) is 16.6 Å². The minimum atomic E-state index is -3.35. The fourth-order valence-corrected chi connectivity index (χ4v) is 2.75. The van der Waals surface area contributed by atoms with Gasteiger partial charge in [-0.05, 0) is 18.1 Å². The summed E-state index contributed by atoms with van der Waals surface area (Å²) in [7, 11) is -3.35. The fraction of sp³-hybridized carbons (Fsp3) is 0.455. The van der Waals surface area contributed by atoms with Gasteiger partial charge in [-0.2, -0.15) is 0 Å². The van der Waals surface area contributed by atoms with E-state index in [0.29, 0.717) is 5.69 Å². The van der Waals surface area contributed by atoms with Crippen LogP contribution >= 0.6 is 0 Å². The van der Waals surface area contributed by atoms with Gasteiger partial charge in [0.2, 0.25) is 10.0 Å². The van der Waals surface area contributed by atoms with Crippen molar-refractivity contribution in [2.24, 2.45) is 5.92 Å². The van der Waals surface area contributed by atoms with Gasteiger partial charge in [-0.3, -0.25) is 4.98 Å². The number of rotatable bonds is 6. The lowest BCUT2D eigenvalue weighted by Gasteiger charge is -2.08. The first-order valence-corrected chi connectivity index (χ1v) is 7.11. The highest BCUT2D eigenvalue weighted by molar-refractivity contribution is 7.89. The quantitative estimate of drug-likeness (QED) is 0.800. The maximum absolute atomic E-state index is 11.6. The number of hydrogen-bond donors (Lipinski definition) is 2. The van der Waals surface area contributed by atoms with E-state index in [-0.39, 0.29) is 23.8 Å². The molecule has 0 radical (unpaired) electrons. The molecule has 6 nitrogen and oxygen atoms in total. The van der Waals surface area contributed by atoms with Gasteiger partial charge in [-0.25, -0.2) is 17.9 Å². The standard InChI is InChI=1S/C11H16N2O4S/c1-8(2)7-18(16,17)13-6-10-5-9(11(14)15)3-4-12-10/h3-5,8,13H,6-7H2,1-2H3,(H,14,15). The highest BCUT2D eigenvalue weighted by Crippen LogP contribution is 2.03. The van der Waals surface area contributed by atoms with Crippen molar-refractivity contribution in [2.45, 2.75) is 20.4 Å². The Morgan fingerprint density at radius 1 is 1.50 bits per heavy atom. The second kappa shape index (κ2) is 5.92. The summed E-state index contributed by atoms with van der Waals surface area (Å²) in [6, 6.07) is 2.70. The van der Waals surface area contributed by atoms with Crippen LogP contribution in [0.4, 0.5) is 0 Å². The number of hydrogen-bond acceptors (Lipinski definition) is 4. The van der Waals surface area contributed by atoms with Gasteiger partial charge in [-0.15, -0.1) is 0 Å². The average molecular weight is 272 g/mol. The average Bonchev–Trinajstić information content (AvgIpc) is 2.25. The Morgan fingerprint density at radius 2 is 2.17 bits per heavy atom. The van der Waals surface area contributed by atoms with E-state index >= 15 is 0 Å². The highest BCUT2D eigenvalue weighted by Gasteiger charge is 2.13. The molecule has 0 saturated heterocycles. The molecule has 0 amide bonds. The Morgan fingerprint density at radius 3 is 2.72 bits per heavy atom. The van der Waals surface area contributed by atoms with Crippen LogP contribution in [-0.4, -0.2) is 30.2 Å². The van der Waals surface area contributed by atoms with E-state index < -0.39 is 16.0 Å². The molecule has 7 heteroatoms. The summed E-state index contributed by atoms with van der Waals surface area (Å²) in [4.78, 5) is 14.6. The van der Waals surface area contributed by atoms with Crippen molar-refractivity contribution in [1.82, 2.24) is 9.71 Å². The molecule has 0 fully saturated rings. The van der Waals surface area contributed by atoms with Crippen LogP contribution in [0.15, 0.2) is 18.3 Å². The number of carboxylic acid groups (broad SMARTS) is 1. The maximum atomic E-state index is 11.6. The minimum Gasteiger partial charge on any atom is -0.478 e. The second-order valence-electron chi connectivity index (χ2n) is 4.34. The molecule has 0 aromatic carbocycles. The lowest BCUT2D eigenvalue weighted by atomic mass is 10.2. The van der Waals surface area contributed by atoms with E-state index in [4.69, 9.17) is 5.11 Å². The lowest BCUT2D eigenvalue weighted by Crippen LogP contribution is -2.28.